The second-order valence-electron chi connectivity index (χ2n) is 7.00. The van der Waals surface area contributed by atoms with Crippen LogP contribution >= 0.6 is 11.6 Å². The van der Waals surface area contributed by atoms with Crippen molar-refractivity contribution in [2.75, 3.05) is 7.11 Å². The van der Waals surface area contributed by atoms with Crippen molar-refractivity contribution in [1.82, 2.24) is 4.98 Å². The van der Waals surface area contributed by atoms with Gasteiger partial charge in [0.05, 0.1) is 7.11 Å². The molecule has 0 radical (unpaired) electrons. The molecule has 0 bridgehead atoms. The minimum absolute atomic E-state index is 0.267. The molecule has 0 spiro atoms. The molecular weight excluding hydrogens is 400 g/mol. The SMILES string of the molecule is COc1ccc(C2=NC(c3ccc(Cl)cc3)(c3c[nH]c4ccccc34)C(=O)O2)cc1. The molecule has 3 aromatic carbocycles. The van der Waals surface area contributed by atoms with Crippen molar-refractivity contribution in [3.05, 3.63) is 101 Å². The minimum Gasteiger partial charge on any atom is -0.497 e. The highest BCUT2D eigenvalue weighted by molar-refractivity contribution is 6.30. The van der Waals surface area contributed by atoms with E-state index in [9.17, 15) is 4.79 Å². The number of carbonyl (C=O) groups excluding carboxylic acids is 1. The quantitative estimate of drug-likeness (QED) is 0.472. The van der Waals surface area contributed by atoms with Crippen molar-refractivity contribution in [3.8, 4) is 5.75 Å². The molecule has 0 amide bonds. The molecule has 1 unspecified atom stereocenters. The molecule has 1 aliphatic rings. The van der Waals surface area contributed by atoms with Gasteiger partial charge in [-0.15, -0.1) is 0 Å². The zero-order valence-electron chi connectivity index (χ0n) is 16.1. The Morgan fingerprint density at radius 1 is 1.00 bits per heavy atom. The van der Waals surface area contributed by atoms with Crippen LogP contribution in [0.25, 0.3) is 10.9 Å². The fourth-order valence-electron chi connectivity index (χ4n) is 3.81. The minimum atomic E-state index is -1.33. The number of aromatic amines is 1. The first-order valence-electron chi connectivity index (χ1n) is 9.41. The summed E-state index contributed by atoms with van der Waals surface area (Å²) in [5, 5.41) is 1.49. The Morgan fingerprint density at radius 2 is 1.73 bits per heavy atom. The van der Waals surface area contributed by atoms with E-state index in [1.54, 1.807) is 31.4 Å². The Balaban J connectivity index is 1.74. The lowest BCUT2D eigenvalue weighted by Crippen LogP contribution is -2.32. The summed E-state index contributed by atoms with van der Waals surface area (Å²) in [4.78, 5) is 21.5. The largest absolute Gasteiger partial charge is 0.497 e. The van der Waals surface area contributed by atoms with E-state index in [1.807, 2.05) is 54.7 Å². The zero-order valence-corrected chi connectivity index (χ0v) is 16.8. The van der Waals surface area contributed by atoms with Crippen molar-refractivity contribution in [2.24, 2.45) is 4.99 Å². The zero-order chi connectivity index (χ0) is 20.7. The lowest BCUT2D eigenvalue weighted by atomic mass is 9.83. The number of esters is 1. The number of para-hydroxylation sites is 1. The van der Waals surface area contributed by atoms with Crippen LogP contribution in [0, 0.1) is 0 Å². The molecule has 30 heavy (non-hydrogen) atoms. The first kappa shape index (κ1) is 18.5. The standard InChI is InChI=1S/C24H17ClN2O3/c1-29-18-12-6-15(7-13-18)22-27-24(23(28)30-22,16-8-10-17(25)11-9-16)20-14-26-21-5-3-2-4-19(20)21/h2-14,26H,1H3. The van der Waals surface area contributed by atoms with Crippen LogP contribution in [0.5, 0.6) is 5.75 Å². The van der Waals surface area contributed by atoms with Crippen LogP contribution in [0.1, 0.15) is 16.7 Å². The number of nitrogens with zero attached hydrogens (tertiary/aromatic N) is 1. The number of cyclic esters (lactones) is 1. The van der Waals surface area contributed by atoms with Crippen molar-refractivity contribution >= 4 is 34.4 Å². The predicted octanol–water partition coefficient (Wildman–Crippen LogP) is 5.08. The highest BCUT2D eigenvalue weighted by Crippen LogP contribution is 2.43. The van der Waals surface area contributed by atoms with Crippen LogP contribution in [-0.4, -0.2) is 24.0 Å². The number of benzene rings is 3. The molecule has 1 aliphatic heterocycles. The number of H-pyrrole nitrogens is 1. The number of halogens is 1. The molecule has 5 rings (SSSR count). The van der Waals surface area contributed by atoms with Crippen molar-refractivity contribution < 1.29 is 14.3 Å². The number of rotatable bonds is 4. The Labute approximate surface area is 177 Å². The van der Waals surface area contributed by atoms with E-state index >= 15 is 0 Å². The monoisotopic (exact) mass is 416 g/mol. The summed E-state index contributed by atoms with van der Waals surface area (Å²) in [5.74, 6) is 0.521. The number of aliphatic imine (C=N–C) groups is 1. The lowest BCUT2D eigenvalue weighted by molar-refractivity contribution is -0.137. The van der Waals surface area contributed by atoms with Gasteiger partial charge in [-0.1, -0.05) is 41.9 Å². The van der Waals surface area contributed by atoms with E-state index in [0.29, 0.717) is 21.9 Å². The second-order valence-corrected chi connectivity index (χ2v) is 7.44. The first-order valence-corrected chi connectivity index (χ1v) is 9.79. The molecule has 4 aromatic rings. The Hall–Kier alpha value is -3.57. The van der Waals surface area contributed by atoms with E-state index in [4.69, 9.17) is 26.1 Å². The van der Waals surface area contributed by atoms with Gasteiger partial charge < -0.3 is 14.5 Å². The number of carbonyl (C=O) groups is 1. The van der Waals surface area contributed by atoms with Gasteiger partial charge in [0.25, 0.3) is 0 Å². The lowest BCUT2D eigenvalue weighted by Gasteiger charge is -2.22. The molecule has 2 heterocycles. The number of hydrogen-bond acceptors (Lipinski definition) is 4. The summed E-state index contributed by atoms with van der Waals surface area (Å²) in [5.41, 5.74) is 1.69. The van der Waals surface area contributed by atoms with Gasteiger partial charge in [0.2, 0.25) is 11.4 Å². The van der Waals surface area contributed by atoms with Gasteiger partial charge in [-0.2, -0.15) is 0 Å². The van der Waals surface area contributed by atoms with Gasteiger partial charge in [0.15, 0.2) is 0 Å². The summed E-state index contributed by atoms with van der Waals surface area (Å²) in [6.07, 6.45) is 1.82. The molecule has 1 aromatic heterocycles. The van der Waals surface area contributed by atoms with Gasteiger partial charge in [-0.3, -0.25) is 0 Å². The van der Waals surface area contributed by atoms with Crippen LogP contribution < -0.4 is 4.74 Å². The van der Waals surface area contributed by atoms with Crippen molar-refractivity contribution in [3.63, 3.8) is 0 Å². The molecule has 0 saturated heterocycles. The molecule has 0 aliphatic carbocycles. The molecule has 0 fully saturated rings. The number of aromatic nitrogens is 1. The number of nitrogens with one attached hydrogen (secondary N) is 1. The maximum atomic E-state index is 13.4. The molecule has 0 saturated carbocycles. The summed E-state index contributed by atoms with van der Waals surface area (Å²) in [6, 6.07) is 22.2. The summed E-state index contributed by atoms with van der Waals surface area (Å²) >= 11 is 6.10. The van der Waals surface area contributed by atoms with Crippen LogP contribution in [0.2, 0.25) is 5.02 Å². The fourth-order valence-corrected chi connectivity index (χ4v) is 3.94. The fraction of sp³-hybridized carbons (Fsp3) is 0.0833. The molecule has 1 N–H and O–H groups in total. The summed E-state index contributed by atoms with van der Waals surface area (Å²) in [6.45, 7) is 0. The van der Waals surface area contributed by atoms with Gasteiger partial charge in [-0.25, -0.2) is 9.79 Å². The molecule has 5 nitrogen and oxygen atoms in total. The van der Waals surface area contributed by atoms with E-state index in [2.05, 4.69) is 4.98 Å². The predicted molar refractivity (Wildman–Crippen MR) is 116 cm³/mol. The van der Waals surface area contributed by atoms with Gasteiger partial charge in [0, 0.05) is 33.2 Å². The van der Waals surface area contributed by atoms with Crippen molar-refractivity contribution in [2.45, 2.75) is 5.54 Å². The van der Waals surface area contributed by atoms with Crippen LogP contribution in [0.15, 0.2) is 84.0 Å². The maximum absolute atomic E-state index is 13.4. The molecule has 148 valence electrons. The van der Waals surface area contributed by atoms with Crippen LogP contribution in [0.4, 0.5) is 0 Å². The smallest absolute Gasteiger partial charge is 0.350 e. The van der Waals surface area contributed by atoms with E-state index < -0.39 is 11.5 Å². The van der Waals surface area contributed by atoms with E-state index in [1.165, 1.54) is 0 Å². The first-order chi connectivity index (χ1) is 14.6. The van der Waals surface area contributed by atoms with Crippen LogP contribution in [-0.2, 0) is 15.1 Å². The average molecular weight is 417 g/mol. The molecule has 6 heteroatoms. The van der Waals surface area contributed by atoms with Gasteiger partial charge in [-0.05, 0) is 48.0 Å². The number of ether oxygens (including phenoxy) is 2. The maximum Gasteiger partial charge on any atom is 0.350 e. The summed E-state index contributed by atoms with van der Waals surface area (Å²) < 4.78 is 10.9. The summed E-state index contributed by atoms with van der Waals surface area (Å²) in [7, 11) is 1.60. The molecule has 1 atom stereocenters. The third-order valence-electron chi connectivity index (χ3n) is 5.33. The van der Waals surface area contributed by atoms with Gasteiger partial charge in [0.1, 0.15) is 5.75 Å². The average Bonchev–Trinajstić information content (AvgIpc) is 3.36. The van der Waals surface area contributed by atoms with Gasteiger partial charge >= 0.3 is 5.97 Å². The third kappa shape index (κ3) is 2.78. The molecular formula is C24H17ClN2O3. The highest BCUT2D eigenvalue weighted by atomic mass is 35.5. The van der Waals surface area contributed by atoms with E-state index in [0.717, 1.165) is 16.5 Å². The number of methoxy groups -OCH3 is 1. The van der Waals surface area contributed by atoms with E-state index in [-0.39, 0.29) is 5.90 Å². The Kier molecular flexibility index (Phi) is 4.33. The Bertz CT molecular complexity index is 1280. The third-order valence-corrected chi connectivity index (χ3v) is 5.58. The normalized spacial score (nSPS) is 18.3. The second kappa shape index (κ2) is 7.04. The Morgan fingerprint density at radius 3 is 2.47 bits per heavy atom. The number of fused-ring (bicyclic) bond motifs is 1. The topological polar surface area (TPSA) is 63.7 Å². The highest BCUT2D eigenvalue weighted by Gasteiger charge is 2.50. The van der Waals surface area contributed by atoms with Crippen molar-refractivity contribution in [1.29, 1.82) is 0 Å². The number of hydrogen-bond donors (Lipinski definition) is 1. The van der Waals surface area contributed by atoms with Crippen LogP contribution in [0.3, 0.4) is 0 Å².